The molecule has 0 saturated heterocycles. The third kappa shape index (κ3) is 2.34. The third-order valence-corrected chi connectivity index (χ3v) is 3.67. The number of nitrogens with zero attached hydrogens (tertiary/aromatic N) is 4. The summed E-state index contributed by atoms with van der Waals surface area (Å²) < 4.78 is 2.19. The van der Waals surface area contributed by atoms with Gasteiger partial charge in [-0.05, 0) is 0 Å². The van der Waals surface area contributed by atoms with Crippen LogP contribution in [-0.4, -0.2) is 37.8 Å². The lowest BCUT2D eigenvalue weighted by Gasteiger charge is -1.99. The molecule has 0 fully saturated rings. The van der Waals surface area contributed by atoms with Crippen LogP contribution in [0.2, 0.25) is 0 Å². The van der Waals surface area contributed by atoms with Crippen LogP contribution in [0.3, 0.4) is 0 Å². The normalized spacial score (nSPS) is 14.7. The maximum atomic E-state index is 4.68. The largest absolute Gasteiger partial charge is 0.333 e. The first kappa shape index (κ1) is 12.3. The Kier molecular flexibility index (Phi) is 3.01. The summed E-state index contributed by atoms with van der Waals surface area (Å²) in [6.45, 7) is 2.90. The standard InChI is InChI=1S/C15H16N6/c1-2-4-11(5-3-1)14-18-15(20-19-14)12-10-21-9-8-16-7-6-13(21)17-12/h1-5,10,16H,6-9H2,(H,18,19,20). The van der Waals surface area contributed by atoms with E-state index in [1.165, 1.54) is 0 Å². The predicted molar refractivity (Wildman–Crippen MR) is 79.6 cm³/mol. The first-order chi connectivity index (χ1) is 10.4. The quantitative estimate of drug-likeness (QED) is 0.746. The lowest BCUT2D eigenvalue weighted by molar-refractivity contribution is 0.646. The first-order valence-corrected chi connectivity index (χ1v) is 7.15. The molecule has 0 saturated carbocycles. The summed E-state index contributed by atoms with van der Waals surface area (Å²) in [6.07, 6.45) is 3.00. The second-order valence-corrected chi connectivity index (χ2v) is 5.11. The van der Waals surface area contributed by atoms with Crippen molar-refractivity contribution in [1.82, 2.24) is 30.0 Å². The molecule has 0 unspecified atom stereocenters. The van der Waals surface area contributed by atoms with Crippen molar-refractivity contribution >= 4 is 0 Å². The minimum atomic E-state index is 0.704. The molecule has 3 heterocycles. The molecule has 0 atom stereocenters. The van der Waals surface area contributed by atoms with Crippen molar-refractivity contribution < 1.29 is 0 Å². The summed E-state index contributed by atoms with van der Waals surface area (Å²) in [6, 6.07) is 9.95. The Morgan fingerprint density at radius 1 is 1.05 bits per heavy atom. The monoisotopic (exact) mass is 280 g/mol. The molecule has 21 heavy (non-hydrogen) atoms. The summed E-state index contributed by atoms with van der Waals surface area (Å²) in [4.78, 5) is 9.24. The summed E-state index contributed by atoms with van der Waals surface area (Å²) in [5.74, 6) is 2.53. The van der Waals surface area contributed by atoms with Crippen molar-refractivity contribution in [1.29, 1.82) is 0 Å². The number of imidazole rings is 1. The van der Waals surface area contributed by atoms with Crippen molar-refractivity contribution in [2.24, 2.45) is 0 Å². The SMILES string of the molecule is c1ccc(-c2n[nH]c(-c3cn4c(n3)CCNCC4)n2)cc1. The fraction of sp³-hybridized carbons (Fsp3) is 0.267. The topological polar surface area (TPSA) is 71.4 Å². The van der Waals surface area contributed by atoms with Crippen molar-refractivity contribution in [2.75, 3.05) is 13.1 Å². The van der Waals surface area contributed by atoms with Crippen molar-refractivity contribution in [2.45, 2.75) is 13.0 Å². The maximum Gasteiger partial charge on any atom is 0.181 e. The molecule has 1 aliphatic heterocycles. The molecule has 1 aromatic carbocycles. The van der Waals surface area contributed by atoms with Gasteiger partial charge in [0, 0.05) is 37.8 Å². The molecule has 6 nitrogen and oxygen atoms in total. The van der Waals surface area contributed by atoms with Gasteiger partial charge in [0.2, 0.25) is 0 Å². The molecule has 0 bridgehead atoms. The van der Waals surface area contributed by atoms with E-state index in [2.05, 4.69) is 36.2 Å². The van der Waals surface area contributed by atoms with Crippen molar-refractivity contribution in [3.05, 3.63) is 42.4 Å². The van der Waals surface area contributed by atoms with Crippen LogP contribution in [0.4, 0.5) is 0 Å². The molecular weight excluding hydrogens is 264 g/mol. The molecule has 4 rings (SSSR count). The zero-order valence-corrected chi connectivity index (χ0v) is 11.6. The van der Waals surface area contributed by atoms with E-state index >= 15 is 0 Å². The van der Waals surface area contributed by atoms with E-state index in [4.69, 9.17) is 0 Å². The number of aromatic nitrogens is 5. The lowest BCUT2D eigenvalue weighted by atomic mass is 10.2. The molecule has 0 aliphatic carbocycles. The smallest absolute Gasteiger partial charge is 0.181 e. The molecule has 1 aliphatic rings. The summed E-state index contributed by atoms with van der Waals surface area (Å²) >= 11 is 0. The van der Waals surface area contributed by atoms with Crippen LogP contribution in [0.15, 0.2) is 36.5 Å². The first-order valence-electron chi connectivity index (χ1n) is 7.15. The van der Waals surface area contributed by atoms with Crippen LogP contribution < -0.4 is 5.32 Å². The van der Waals surface area contributed by atoms with Gasteiger partial charge in [-0.1, -0.05) is 30.3 Å². The van der Waals surface area contributed by atoms with Crippen LogP contribution in [0.5, 0.6) is 0 Å². The minimum absolute atomic E-state index is 0.704. The highest BCUT2D eigenvalue weighted by Crippen LogP contribution is 2.20. The van der Waals surface area contributed by atoms with Gasteiger partial charge in [-0.15, -0.1) is 0 Å². The fourth-order valence-electron chi connectivity index (χ4n) is 2.58. The van der Waals surface area contributed by atoms with Crippen LogP contribution in [0, 0.1) is 0 Å². The Labute approximate surface area is 122 Å². The van der Waals surface area contributed by atoms with E-state index in [0.717, 1.165) is 49.0 Å². The molecule has 106 valence electrons. The average molecular weight is 280 g/mol. The van der Waals surface area contributed by atoms with E-state index in [1.54, 1.807) is 0 Å². The Hall–Kier alpha value is -2.47. The number of hydrogen-bond donors (Lipinski definition) is 2. The van der Waals surface area contributed by atoms with E-state index in [-0.39, 0.29) is 0 Å². The molecule has 3 aromatic rings. The number of H-pyrrole nitrogens is 1. The summed E-state index contributed by atoms with van der Waals surface area (Å²) in [5, 5.41) is 10.7. The average Bonchev–Trinajstić information content (AvgIpc) is 3.11. The number of rotatable bonds is 2. The molecule has 0 radical (unpaired) electrons. The highest BCUT2D eigenvalue weighted by atomic mass is 15.2. The van der Waals surface area contributed by atoms with Crippen LogP contribution in [0.1, 0.15) is 5.82 Å². The van der Waals surface area contributed by atoms with Crippen LogP contribution in [-0.2, 0) is 13.0 Å². The zero-order valence-electron chi connectivity index (χ0n) is 11.6. The Balaban J connectivity index is 1.67. The predicted octanol–water partition coefficient (Wildman–Crippen LogP) is 1.48. The number of fused-ring (bicyclic) bond motifs is 1. The maximum absolute atomic E-state index is 4.68. The molecule has 2 aromatic heterocycles. The van der Waals surface area contributed by atoms with Gasteiger partial charge in [-0.3, -0.25) is 5.10 Å². The van der Waals surface area contributed by atoms with Gasteiger partial charge in [-0.25, -0.2) is 9.97 Å². The van der Waals surface area contributed by atoms with E-state index in [0.29, 0.717) is 5.82 Å². The second kappa shape index (κ2) is 5.14. The van der Waals surface area contributed by atoms with Gasteiger partial charge in [-0.2, -0.15) is 5.10 Å². The van der Waals surface area contributed by atoms with Crippen molar-refractivity contribution in [3.63, 3.8) is 0 Å². The number of benzene rings is 1. The second-order valence-electron chi connectivity index (χ2n) is 5.11. The third-order valence-electron chi connectivity index (χ3n) is 3.67. The Bertz CT molecular complexity index is 719. The van der Waals surface area contributed by atoms with Gasteiger partial charge < -0.3 is 9.88 Å². The Morgan fingerprint density at radius 2 is 1.95 bits per heavy atom. The van der Waals surface area contributed by atoms with E-state index in [9.17, 15) is 0 Å². The Morgan fingerprint density at radius 3 is 2.86 bits per heavy atom. The number of aromatic amines is 1. The summed E-state index contributed by atoms with van der Waals surface area (Å²) in [5.41, 5.74) is 1.87. The molecule has 0 spiro atoms. The highest BCUT2D eigenvalue weighted by molar-refractivity contribution is 5.58. The number of nitrogens with one attached hydrogen (secondary N) is 2. The van der Waals surface area contributed by atoms with Crippen molar-refractivity contribution in [3.8, 4) is 22.9 Å². The molecule has 0 amide bonds. The van der Waals surface area contributed by atoms with Crippen LogP contribution in [0.25, 0.3) is 22.9 Å². The molecule has 6 heteroatoms. The van der Waals surface area contributed by atoms with Gasteiger partial charge in [0.05, 0.1) is 0 Å². The number of hydrogen-bond acceptors (Lipinski definition) is 4. The fourth-order valence-corrected chi connectivity index (χ4v) is 2.58. The summed E-state index contributed by atoms with van der Waals surface area (Å²) in [7, 11) is 0. The van der Waals surface area contributed by atoms with E-state index in [1.807, 2.05) is 30.3 Å². The van der Waals surface area contributed by atoms with Gasteiger partial charge in [0.15, 0.2) is 11.6 Å². The molecule has 2 N–H and O–H groups in total. The highest BCUT2D eigenvalue weighted by Gasteiger charge is 2.15. The minimum Gasteiger partial charge on any atom is -0.333 e. The van der Waals surface area contributed by atoms with Gasteiger partial charge in [0.25, 0.3) is 0 Å². The van der Waals surface area contributed by atoms with Crippen LogP contribution >= 0.6 is 0 Å². The zero-order chi connectivity index (χ0) is 14.1. The molecular formula is C15H16N6. The van der Waals surface area contributed by atoms with Gasteiger partial charge >= 0.3 is 0 Å². The van der Waals surface area contributed by atoms with Gasteiger partial charge in [0.1, 0.15) is 11.5 Å². The van der Waals surface area contributed by atoms with E-state index < -0.39 is 0 Å². The lowest BCUT2D eigenvalue weighted by Crippen LogP contribution is -2.17.